The zero-order valence-corrected chi connectivity index (χ0v) is 9.76. The first-order valence-corrected chi connectivity index (χ1v) is 6.35. The highest BCUT2D eigenvalue weighted by molar-refractivity contribution is 7.99. The number of hydrogen-bond acceptors (Lipinski definition) is 3. The van der Waals surface area contributed by atoms with E-state index in [0.717, 1.165) is 18.1 Å². The molecule has 0 spiro atoms. The van der Waals surface area contributed by atoms with E-state index < -0.39 is 5.97 Å². The Morgan fingerprint density at radius 3 is 2.80 bits per heavy atom. The van der Waals surface area contributed by atoms with Crippen LogP contribution in [0.5, 0.6) is 0 Å². The van der Waals surface area contributed by atoms with Crippen LogP contribution >= 0.6 is 11.8 Å². The maximum Gasteiger partial charge on any atom is 0.303 e. The van der Waals surface area contributed by atoms with Crippen molar-refractivity contribution in [3.05, 3.63) is 0 Å². The van der Waals surface area contributed by atoms with E-state index in [1.807, 2.05) is 23.6 Å². The van der Waals surface area contributed by atoms with Gasteiger partial charge in [-0.25, -0.2) is 0 Å². The standard InChI is InChI=1S/C10H17NO3S/c1-8-7-15-6-5-11(8)9(12)3-2-4-10(13)14/h8H,2-7H2,1H3,(H,13,14). The first-order chi connectivity index (χ1) is 7.11. The Bertz CT molecular complexity index is 245. The Balaban J connectivity index is 2.29. The van der Waals surface area contributed by atoms with Crippen LogP contribution in [0.1, 0.15) is 26.2 Å². The van der Waals surface area contributed by atoms with Crippen LogP contribution in [0.25, 0.3) is 0 Å². The van der Waals surface area contributed by atoms with Crippen molar-refractivity contribution < 1.29 is 14.7 Å². The molecular weight excluding hydrogens is 214 g/mol. The van der Waals surface area contributed by atoms with Crippen molar-refractivity contribution in [1.29, 1.82) is 0 Å². The second kappa shape index (κ2) is 6.00. The van der Waals surface area contributed by atoms with Crippen LogP contribution in [0.15, 0.2) is 0 Å². The molecule has 0 saturated carbocycles. The molecule has 1 fully saturated rings. The van der Waals surface area contributed by atoms with Crippen molar-refractivity contribution in [2.75, 3.05) is 18.1 Å². The largest absolute Gasteiger partial charge is 0.481 e. The molecule has 5 heteroatoms. The highest BCUT2D eigenvalue weighted by atomic mass is 32.2. The summed E-state index contributed by atoms with van der Waals surface area (Å²) in [6.45, 7) is 2.85. The first kappa shape index (κ1) is 12.4. The summed E-state index contributed by atoms with van der Waals surface area (Å²) in [5, 5.41) is 8.46. The lowest BCUT2D eigenvalue weighted by molar-refractivity contribution is -0.137. The molecule has 1 atom stereocenters. The van der Waals surface area contributed by atoms with Gasteiger partial charge in [-0.15, -0.1) is 0 Å². The average molecular weight is 231 g/mol. The van der Waals surface area contributed by atoms with E-state index in [4.69, 9.17) is 5.11 Å². The predicted molar refractivity (Wildman–Crippen MR) is 60.0 cm³/mol. The molecule has 0 radical (unpaired) electrons. The van der Waals surface area contributed by atoms with Crippen molar-refractivity contribution in [2.24, 2.45) is 0 Å². The molecule has 4 nitrogen and oxygen atoms in total. The molecule has 1 aliphatic heterocycles. The van der Waals surface area contributed by atoms with E-state index in [2.05, 4.69) is 0 Å². The Morgan fingerprint density at radius 1 is 1.47 bits per heavy atom. The van der Waals surface area contributed by atoms with Gasteiger partial charge in [0.15, 0.2) is 0 Å². The number of rotatable bonds is 4. The number of carbonyl (C=O) groups is 2. The topological polar surface area (TPSA) is 57.6 Å². The molecule has 86 valence electrons. The first-order valence-electron chi connectivity index (χ1n) is 5.20. The minimum Gasteiger partial charge on any atom is -0.481 e. The smallest absolute Gasteiger partial charge is 0.303 e. The van der Waals surface area contributed by atoms with Gasteiger partial charge >= 0.3 is 5.97 Å². The van der Waals surface area contributed by atoms with E-state index in [1.165, 1.54) is 0 Å². The van der Waals surface area contributed by atoms with Gasteiger partial charge in [0.05, 0.1) is 0 Å². The van der Waals surface area contributed by atoms with Gasteiger partial charge in [0.25, 0.3) is 0 Å². The molecule has 1 amide bonds. The summed E-state index contributed by atoms with van der Waals surface area (Å²) >= 11 is 1.86. The lowest BCUT2D eigenvalue weighted by Gasteiger charge is -2.33. The van der Waals surface area contributed by atoms with Gasteiger partial charge < -0.3 is 10.0 Å². The molecule has 1 saturated heterocycles. The lowest BCUT2D eigenvalue weighted by Crippen LogP contribution is -2.44. The van der Waals surface area contributed by atoms with E-state index in [1.54, 1.807) is 0 Å². The number of amides is 1. The Kier molecular flexibility index (Phi) is 4.94. The molecule has 1 unspecified atom stereocenters. The van der Waals surface area contributed by atoms with E-state index in [0.29, 0.717) is 18.9 Å². The monoisotopic (exact) mass is 231 g/mol. The molecule has 0 aliphatic carbocycles. The molecule has 0 aromatic carbocycles. The molecule has 1 rings (SSSR count). The Labute approximate surface area is 94.0 Å². The van der Waals surface area contributed by atoms with Gasteiger partial charge in [-0.3, -0.25) is 9.59 Å². The highest BCUT2D eigenvalue weighted by Gasteiger charge is 2.22. The Morgan fingerprint density at radius 2 is 2.20 bits per heavy atom. The zero-order valence-electron chi connectivity index (χ0n) is 8.94. The summed E-state index contributed by atoms with van der Waals surface area (Å²) in [5.74, 6) is 1.26. The number of nitrogens with zero attached hydrogens (tertiary/aromatic N) is 1. The number of carboxylic acid groups (broad SMARTS) is 1. The lowest BCUT2D eigenvalue weighted by atomic mass is 10.2. The van der Waals surface area contributed by atoms with Crippen LogP contribution in [0.4, 0.5) is 0 Å². The van der Waals surface area contributed by atoms with Gasteiger partial charge in [-0.1, -0.05) is 0 Å². The molecular formula is C10H17NO3S. The number of hydrogen-bond donors (Lipinski definition) is 1. The predicted octanol–water partition coefficient (Wildman–Crippen LogP) is 1.21. The van der Waals surface area contributed by atoms with E-state index in [9.17, 15) is 9.59 Å². The molecule has 1 aliphatic rings. The normalized spacial score (nSPS) is 21.4. The molecule has 1 heterocycles. The molecule has 15 heavy (non-hydrogen) atoms. The summed E-state index contributed by atoms with van der Waals surface area (Å²) in [6, 6.07) is 0.293. The number of thioether (sulfide) groups is 1. The van der Waals surface area contributed by atoms with Gasteiger partial charge in [0.2, 0.25) is 5.91 Å². The Hall–Kier alpha value is -0.710. The van der Waals surface area contributed by atoms with Crippen LogP contribution < -0.4 is 0 Å². The van der Waals surface area contributed by atoms with E-state index >= 15 is 0 Å². The van der Waals surface area contributed by atoms with Crippen LogP contribution in [0.3, 0.4) is 0 Å². The fourth-order valence-electron chi connectivity index (χ4n) is 1.63. The van der Waals surface area contributed by atoms with Crippen molar-refractivity contribution in [2.45, 2.75) is 32.2 Å². The minimum atomic E-state index is -0.829. The van der Waals surface area contributed by atoms with Crippen molar-refractivity contribution in [3.63, 3.8) is 0 Å². The van der Waals surface area contributed by atoms with Gasteiger partial charge in [-0.05, 0) is 13.3 Å². The highest BCUT2D eigenvalue weighted by Crippen LogP contribution is 2.17. The number of aliphatic carboxylic acids is 1. The fourth-order valence-corrected chi connectivity index (χ4v) is 2.65. The summed E-state index contributed by atoms with van der Waals surface area (Å²) < 4.78 is 0. The SMILES string of the molecule is CC1CSCCN1C(=O)CCCC(=O)O. The third-order valence-corrected chi connectivity index (χ3v) is 3.66. The molecule has 0 aromatic rings. The maximum atomic E-state index is 11.7. The summed E-state index contributed by atoms with van der Waals surface area (Å²) in [5.41, 5.74) is 0. The maximum absolute atomic E-state index is 11.7. The second-order valence-electron chi connectivity index (χ2n) is 3.76. The van der Waals surface area contributed by atoms with Crippen LogP contribution in [-0.4, -0.2) is 46.0 Å². The fraction of sp³-hybridized carbons (Fsp3) is 0.800. The third kappa shape index (κ3) is 4.11. The number of carboxylic acids is 1. The molecule has 0 aromatic heterocycles. The summed E-state index contributed by atoms with van der Waals surface area (Å²) in [7, 11) is 0. The van der Waals surface area contributed by atoms with Crippen molar-refractivity contribution in [3.8, 4) is 0 Å². The van der Waals surface area contributed by atoms with Crippen LogP contribution in [0, 0.1) is 0 Å². The third-order valence-electron chi connectivity index (χ3n) is 2.47. The van der Waals surface area contributed by atoms with Crippen molar-refractivity contribution >= 4 is 23.6 Å². The van der Waals surface area contributed by atoms with Crippen molar-refractivity contribution in [1.82, 2.24) is 4.90 Å². The second-order valence-corrected chi connectivity index (χ2v) is 4.91. The minimum absolute atomic E-state index is 0.0860. The average Bonchev–Trinajstić information content (AvgIpc) is 2.17. The quantitative estimate of drug-likeness (QED) is 0.790. The molecule has 0 bridgehead atoms. The van der Waals surface area contributed by atoms with E-state index in [-0.39, 0.29) is 12.3 Å². The van der Waals surface area contributed by atoms with Crippen LogP contribution in [0.2, 0.25) is 0 Å². The van der Waals surface area contributed by atoms with Gasteiger partial charge in [-0.2, -0.15) is 11.8 Å². The summed E-state index contributed by atoms with van der Waals surface area (Å²) in [6.07, 6.45) is 0.897. The number of carbonyl (C=O) groups excluding carboxylic acids is 1. The summed E-state index contributed by atoms with van der Waals surface area (Å²) in [4.78, 5) is 23.9. The van der Waals surface area contributed by atoms with Gasteiger partial charge in [0, 0.05) is 36.9 Å². The molecule has 1 N–H and O–H groups in total. The van der Waals surface area contributed by atoms with Gasteiger partial charge in [0.1, 0.15) is 0 Å². The zero-order chi connectivity index (χ0) is 11.3. The van der Waals surface area contributed by atoms with Crippen LogP contribution in [-0.2, 0) is 9.59 Å².